The van der Waals surface area contributed by atoms with Gasteiger partial charge >= 0.3 is 6.09 Å². The molecule has 120 valence electrons. The van der Waals surface area contributed by atoms with Gasteiger partial charge in [0.15, 0.2) is 0 Å². The lowest BCUT2D eigenvalue weighted by Gasteiger charge is -2.25. The summed E-state index contributed by atoms with van der Waals surface area (Å²) in [5.41, 5.74) is 4.81. The first-order valence-corrected chi connectivity index (χ1v) is 7.88. The standard InChI is InChI=1S/C19H12N4O2/c24-19(25)23-10-4-6-12-15-11(5-3-9-20-15)16-17(18(12)23)22-14-8-2-1-7-13(14)21-16/h1-9H,10H2,(H,24,25). The van der Waals surface area contributed by atoms with Gasteiger partial charge in [-0.3, -0.25) is 9.88 Å². The molecule has 1 aliphatic rings. The number of carbonyl (C=O) groups is 1. The normalized spacial score (nSPS) is 13.5. The van der Waals surface area contributed by atoms with Crippen molar-refractivity contribution >= 4 is 50.8 Å². The molecule has 0 unspecified atom stereocenters. The molecule has 4 aromatic rings. The second-order valence-corrected chi connectivity index (χ2v) is 5.87. The van der Waals surface area contributed by atoms with E-state index in [9.17, 15) is 9.90 Å². The van der Waals surface area contributed by atoms with E-state index < -0.39 is 6.09 Å². The van der Waals surface area contributed by atoms with E-state index in [0.29, 0.717) is 16.7 Å². The number of hydrogen-bond acceptors (Lipinski definition) is 4. The Balaban J connectivity index is 2.06. The molecule has 6 heteroatoms. The summed E-state index contributed by atoms with van der Waals surface area (Å²) in [6.45, 7) is 0.282. The Morgan fingerprint density at radius 3 is 2.52 bits per heavy atom. The monoisotopic (exact) mass is 328 g/mol. The van der Waals surface area contributed by atoms with E-state index in [1.54, 1.807) is 6.20 Å². The smallest absolute Gasteiger partial charge is 0.412 e. The van der Waals surface area contributed by atoms with E-state index in [4.69, 9.17) is 9.97 Å². The molecular weight excluding hydrogens is 316 g/mol. The van der Waals surface area contributed by atoms with Gasteiger partial charge in [-0.1, -0.05) is 24.3 Å². The van der Waals surface area contributed by atoms with Crippen LogP contribution in [-0.2, 0) is 0 Å². The fourth-order valence-electron chi connectivity index (χ4n) is 3.38. The van der Waals surface area contributed by atoms with Crippen molar-refractivity contribution in [3.05, 3.63) is 54.2 Å². The zero-order valence-corrected chi connectivity index (χ0v) is 13.0. The number of pyridine rings is 1. The van der Waals surface area contributed by atoms with Crippen molar-refractivity contribution in [1.29, 1.82) is 0 Å². The molecule has 5 rings (SSSR count). The lowest BCUT2D eigenvalue weighted by Crippen LogP contribution is -2.32. The van der Waals surface area contributed by atoms with Crippen LogP contribution in [0.3, 0.4) is 0 Å². The van der Waals surface area contributed by atoms with Crippen molar-refractivity contribution < 1.29 is 9.90 Å². The summed E-state index contributed by atoms with van der Waals surface area (Å²) < 4.78 is 0. The number of para-hydroxylation sites is 2. The molecule has 6 nitrogen and oxygen atoms in total. The van der Waals surface area contributed by atoms with Crippen LogP contribution in [0.2, 0.25) is 0 Å². The van der Waals surface area contributed by atoms with Crippen molar-refractivity contribution in [3.8, 4) is 0 Å². The average molecular weight is 328 g/mol. The summed E-state index contributed by atoms with van der Waals surface area (Å²) >= 11 is 0. The highest BCUT2D eigenvalue weighted by Crippen LogP contribution is 2.39. The third kappa shape index (κ3) is 1.91. The maximum atomic E-state index is 11.8. The number of rotatable bonds is 0. The van der Waals surface area contributed by atoms with Crippen LogP contribution >= 0.6 is 0 Å². The predicted molar refractivity (Wildman–Crippen MR) is 96.7 cm³/mol. The number of aromatic nitrogens is 3. The van der Waals surface area contributed by atoms with Gasteiger partial charge in [0, 0.05) is 23.7 Å². The summed E-state index contributed by atoms with van der Waals surface area (Å²) in [4.78, 5) is 27.1. The third-order valence-electron chi connectivity index (χ3n) is 4.44. The van der Waals surface area contributed by atoms with Gasteiger partial charge in [0.25, 0.3) is 0 Å². The van der Waals surface area contributed by atoms with Gasteiger partial charge in [-0.15, -0.1) is 0 Å². The van der Waals surface area contributed by atoms with E-state index >= 15 is 0 Å². The number of nitrogens with zero attached hydrogens (tertiary/aromatic N) is 4. The Labute approximate surface area is 142 Å². The fourth-order valence-corrected chi connectivity index (χ4v) is 3.38. The number of anilines is 1. The second kappa shape index (κ2) is 4.98. The maximum Gasteiger partial charge on any atom is 0.412 e. The van der Waals surface area contributed by atoms with Crippen LogP contribution < -0.4 is 4.90 Å². The van der Waals surface area contributed by atoms with Crippen LogP contribution in [0, 0.1) is 0 Å². The van der Waals surface area contributed by atoms with E-state index in [0.717, 1.165) is 27.5 Å². The number of fused-ring (bicyclic) bond motifs is 7. The van der Waals surface area contributed by atoms with Gasteiger partial charge in [-0.05, 0) is 24.3 Å². The average Bonchev–Trinajstić information content (AvgIpc) is 2.66. The molecule has 2 aromatic carbocycles. The summed E-state index contributed by atoms with van der Waals surface area (Å²) in [5, 5.41) is 10.5. The molecule has 0 saturated heterocycles. The minimum Gasteiger partial charge on any atom is -0.465 e. The molecule has 0 fully saturated rings. The molecule has 1 aliphatic heterocycles. The van der Waals surface area contributed by atoms with Crippen LogP contribution in [0.15, 0.2) is 48.7 Å². The van der Waals surface area contributed by atoms with Gasteiger partial charge in [0.1, 0.15) is 11.0 Å². The highest BCUT2D eigenvalue weighted by Gasteiger charge is 2.26. The Morgan fingerprint density at radius 2 is 1.76 bits per heavy atom. The van der Waals surface area contributed by atoms with Crippen molar-refractivity contribution in [3.63, 3.8) is 0 Å². The Kier molecular flexibility index (Phi) is 2.76. The summed E-state index contributed by atoms with van der Waals surface area (Å²) in [7, 11) is 0. The lowest BCUT2D eigenvalue weighted by molar-refractivity contribution is 0.202. The highest BCUT2D eigenvalue weighted by molar-refractivity contribution is 6.17. The summed E-state index contributed by atoms with van der Waals surface area (Å²) in [6, 6.07) is 11.4. The molecule has 0 bridgehead atoms. The van der Waals surface area contributed by atoms with Crippen LogP contribution in [0.4, 0.5) is 10.5 Å². The van der Waals surface area contributed by atoms with E-state index in [2.05, 4.69) is 4.98 Å². The minimum atomic E-state index is -1.02. The van der Waals surface area contributed by atoms with Crippen LogP contribution in [0.25, 0.3) is 39.0 Å². The first-order valence-electron chi connectivity index (χ1n) is 7.88. The highest BCUT2D eigenvalue weighted by atomic mass is 16.4. The largest absolute Gasteiger partial charge is 0.465 e. The van der Waals surface area contributed by atoms with Crippen molar-refractivity contribution in [2.45, 2.75) is 0 Å². The minimum absolute atomic E-state index is 0.282. The topological polar surface area (TPSA) is 79.2 Å². The van der Waals surface area contributed by atoms with Gasteiger partial charge in [0.05, 0.1) is 22.2 Å². The Morgan fingerprint density at radius 1 is 1.00 bits per heavy atom. The second-order valence-electron chi connectivity index (χ2n) is 5.87. The molecule has 1 N–H and O–H groups in total. The zero-order chi connectivity index (χ0) is 17.0. The van der Waals surface area contributed by atoms with Gasteiger partial charge in [0.2, 0.25) is 0 Å². The first kappa shape index (κ1) is 13.9. The van der Waals surface area contributed by atoms with Crippen LogP contribution in [0.1, 0.15) is 5.56 Å². The molecule has 0 atom stereocenters. The Bertz CT molecular complexity index is 1220. The molecule has 0 aliphatic carbocycles. The molecule has 2 aromatic heterocycles. The van der Waals surface area contributed by atoms with Gasteiger partial charge < -0.3 is 5.11 Å². The number of amides is 1. The van der Waals surface area contributed by atoms with Crippen LogP contribution in [0.5, 0.6) is 0 Å². The molecule has 25 heavy (non-hydrogen) atoms. The molecular formula is C19H12N4O2. The molecule has 3 heterocycles. The maximum absolute atomic E-state index is 11.8. The predicted octanol–water partition coefficient (Wildman–Crippen LogP) is 3.84. The Hall–Kier alpha value is -3.54. The molecule has 0 radical (unpaired) electrons. The molecule has 0 spiro atoms. The summed E-state index contributed by atoms with van der Waals surface area (Å²) in [6.07, 6.45) is 4.43. The van der Waals surface area contributed by atoms with Gasteiger partial charge in [-0.25, -0.2) is 14.8 Å². The zero-order valence-electron chi connectivity index (χ0n) is 13.0. The van der Waals surface area contributed by atoms with Crippen molar-refractivity contribution in [2.24, 2.45) is 0 Å². The van der Waals surface area contributed by atoms with E-state index in [1.807, 2.05) is 48.6 Å². The quantitative estimate of drug-likeness (QED) is 0.392. The van der Waals surface area contributed by atoms with Crippen LogP contribution in [-0.4, -0.2) is 32.7 Å². The fraction of sp³-hybridized carbons (Fsp3) is 0.0526. The molecule has 0 saturated carbocycles. The molecule has 1 amide bonds. The SMILES string of the molecule is O=C(O)N1CC=Cc2c1c1nc3ccccc3nc1c1cccnc21. The number of carboxylic acid groups (broad SMARTS) is 1. The van der Waals surface area contributed by atoms with Gasteiger partial charge in [-0.2, -0.15) is 0 Å². The number of benzene rings is 2. The first-order chi connectivity index (χ1) is 12.2. The third-order valence-corrected chi connectivity index (χ3v) is 4.44. The van der Waals surface area contributed by atoms with E-state index in [-0.39, 0.29) is 6.54 Å². The van der Waals surface area contributed by atoms with E-state index in [1.165, 1.54) is 4.90 Å². The summed E-state index contributed by atoms with van der Waals surface area (Å²) in [5.74, 6) is 0. The lowest BCUT2D eigenvalue weighted by atomic mass is 10.0. The van der Waals surface area contributed by atoms with Crippen molar-refractivity contribution in [2.75, 3.05) is 11.4 Å². The number of hydrogen-bond donors (Lipinski definition) is 1. The van der Waals surface area contributed by atoms with Crippen molar-refractivity contribution in [1.82, 2.24) is 15.0 Å².